The second-order valence-corrected chi connectivity index (χ2v) is 7.19. The molecular weight excluding hydrogens is 398 g/mol. The number of fused-ring (bicyclic) bond motifs is 1. The van der Waals surface area contributed by atoms with Crippen molar-refractivity contribution in [2.75, 3.05) is 12.3 Å². The Morgan fingerprint density at radius 3 is 2.55 bits per heavy atom. The Morgan fingerprint density at radius 2 is 1.84 bits per heavy atom. The molecule has 0 saturated heterocycles. The van der Waals surface area contributed by atoms with Crippen molar-refractivity contribution in [1.82, 2.24) is 18.7 Å². The second kappa shape index (κ2) is 8.49. The first-order chi connectivity index (χ1) is 15.0. The minimum Gasteiger partial charge on any atom is -0.425 e. The molecule has 0 radical (unpaired) electrons. The van der Waals surface area contributed by atoms with E-state index >= 15 is 0 Å². The standard InChI is InChI=1S/C22H23N5O4/c1-25-19-18(20(29)26(22(25)30)11-6-12-28)27(14-15-7-3-2-4-8-15)21(24-19)31-17-10-5-9-16(23)13-17/h2-5,7-10,13,28H,6,11-12,14,23H2,1H3. The summed E-state index contributed by atoms with van der Waals surface area (Å²) in [6.07, 6.45) is 0.292. The number of hydrogen-bond acceptors (Lipinski definition) is 6. The van der Waals surface area contributed by atoms with Crippen LogP contribution in [0.2, 0.25) is 0 Å². The monoisotopic (exact) mass is 421 g/mol. The number of nitrogen functional groups attached to an aromatic ring is 1. The van der Waals surface area contributed by atoms with E-state index in [2.05, 4.69) is 4.98 Å². The molecule has 3 N–H and O–H groups in total. The third-order valence-corrected chi connectivity index (χ3v) is 4.99. The molecule has 0 amide bonds. The summed E-state index contributed by atoms with van der Waals surface area (Å²) in [5, 5.41) is 9.16. The van der Waals surface area contributed by atoms with Gasteiger partial charge >= 0.3 is 11.7 Å². The van der Waals surface area contributed by atoms with Gasteiger partial charge in [-0.3, -0.25) is 18.5 Å². The molecule has 160 valence electrons. The number of imidazole rings is 1. The molecule has 0 saturated carbocycles. The van der Waals surface area contributed by atoms with Gasteiger partial charge in [0.1, 0.15) is 5.75 Å². The quantitative estimate of drug-likeness (QED) is 0.439. The van der Waals surface area contributed by atoms with Crippen LogP contribution in [0.1, 0.15) is 12.0 Å². The molecule has 2 heterocycles. The number of benzene rings is 2. The van der Waals surface area contributed by atoms with E-state index in [9.17, 15) is 9.59 Å². The average molecular weight is 421 g/mol. The van der Waals surface area contributed by atoms with E-state index < -0.39 is 11.2 Å². The summed E-state index contributed by atoms with van der Waals surface area (Å²) in [4.78, 5) is 30.5. The Kier molecular flexibility index (Phi) is 5.59. The van der Waals surface area contributed by atoms with Crippen LogP contribution in [-0.2, 0) is 20.1 Å². The highest BCUT2D eigenvalue weighted by Crippen LogP contribution is 2.26. The Bertz CT molecular complexity index is 1340. The highest BCUT2D eigenvalue weighted by atomic mass is 16.5. The number of aromatic nitrogens is 4. The molecule has 2 aromatic carbocycles. The summed E-state index contributed by atoms with van der Waals surface area (Å²) < 4.78 is 10.1. The molecule has 0 aliphatic heterocycles. The maximum atomic E-state index is 13.3. The molecule has 9 heteroatoms. The number of aliphatic hydroxyl groups excluding tert-OH is 1. The number of aryl methyl sites for hydroxylation is 1. The van der Waals surface area contributed by atoms with Gasteiger partial charge in [-0.1, -0.05) is 36.4 Å². The Labute approximate surface area is 177 Å². The molecular formula is C22H23N5O4. The zero-order chi connectivity index (χ0) is 22.0. The zero-order valence-electron chi connectivity index (χ0n) is 17.1. The fraction of sp³-hybridized carbons (Fsp3) is 0.227. The van der Waals surface area contributed by atoms with E-state index in [1.165, 1.54) is 4.57 Å². The SMILES string of the molecule is Cn1c(=O)n(CCCO)c(=O)c2c1nc(Oc1cccc(N)c1)n2Cc1ccccc1. The van der Waals surface area contributed by atoms with Crippen LogP contribution in [-0.4, -0.2) is 30.4 Å². The van der Waals surface area contributed by atoms with Gasteiger partial charge in [0.2, 0.25) is 0 Å². The lowest BCUT2D eigenvalue weighted by molar-refractivity contribution is 0.277. The largest absolute Gasteiger partial charge is 0.425 e. The van der Waals surface area contributed by atoms with Gasteiger partial charge in [-0.25, -0.2) is 4.79 Å². The van der Waals surface area contributed by atoms with Crippen molar-refractivity contribution >= 4 is 16.9 Å². The van der Waals surface area contributed by atoms with E-state index in [1.807, 2.05) is 30.3 Å². The minimum atomic E-state index is -0.495. The van der Waals surface area contributed by atoms with Crippen molar-refractivity contribution in [3.8, 4) is 11.8 Å². The molecule has 31 heavy (non-hydrogen) atoms. The predicted octanol–water partition coefficient (Wildman–Crippen LogP) is 1.70. The lowest BCUT2D eigenvalue weighted by atomic mass is 10.2. The van der Waals surface area contributed by atoms with Crippen LogP contribution in [0.25, 0.3) is 11.2 Å². The van der Waals surface area contributed by atoms with Crippen LogP contribution < -0.4 is 21.7 Å². The second-order valence-electron chi connectivity index (χ2n) is 7.19. The summed E-state index contributed by atoms with van der Waals surface area (Å²) in [5.41, 5.74) is 6.84. The van der Waals surface area contributed by atoms with Crippen LogP contribution in [0.3, 0.4) is 0 Å². The molecule has 0 fully saturated rings. The van der Waals surface area contributed by atoms with Crippen molar-refractivity contribution in [2.24, 2.45) is 7.05 Å². The molecule has 0 aliphatic rings. The highest BCUT2D eigenvalue weighted by molar-refractivity contribution is 5.72. The van der Waals surface area contributed by atoms with Crippen molar-refractivity contribution in [1.29, 1.82) is 0 Å². The first kappa shape index (κ1) is 20.4. The lowest BCUT2D eigenvalue weighted by Crippen LogP contribution is -2.39. The number of anilines is 1. The number of nitrogens with two attached hydrogens (primary N) is 1. The molecule has 4 aromatic rings. The topological polar surface area (TPSA) is 117 Å². The summed E-state index contributed by atoms with van der Waals surface area (Å²) in [5.74, 6) is 0.468. The first-order valence-corrected chi connectivity index (χ1v) is 9.88. The fourth-order valence-corrected chi connectivity index (χ4v) is 3.45. The van der Waals surface area contributed by atoms with Crippen molar-refractivity contribution < 1.29 is 9.84 Å². The van der Waals surface area contributed by atoms with Crippen LogP contribution in [0.4, 0.5) is 5.69 Å². The molecule has 0 spiro atoms. The number of aliphatic hydroxyl groups is 1. The normalized spacial score (nSPS) is 11.2. The number of nitrogens with zero attached hydrogens (tertiary/aromatic N) is 4. The van der Waals surface area contributed by atoms with Gasteiger partial charge in [-0.15, -0.1) is 0 Å². The van der Waals surface area contributed by atoms with Crippen molar-refractivity contribution in [2.45, 2.75) is 19.5 Å². The fourth-order valence-electron chi connectivity index (χ4n) is 3.45. The van der Waals surface area contributed by atoms with Gasteiger partial charge in [0, 0.05) is 32.0 Å². The first-order valence-electron chi connectivity index (χ1n) is 9.88. The van der Waals surface area contributed by atoms with Crippen LogP contribution in [0.15, 0.2) is 64.2 Å². The van der Waals surface area contributed by atoms with E-state index in [0.717, 1.165) is 10.1 Å². The Morgan fingerprint density at radius 1 is 1.06 bits per heavy atom. The third kappa shape index (κ3) is 3.95. The van der Waals surface area contributed by atoms with Gasteiger partial charge in [0.05, 0.1) is 6.54 Å². The minimum absolute atomic E-state index is 0.111. The van der Waals surface area contributed by atoms with Crippen LogP contribution in [0.5, 0.6) is 11.8 Å². The summed E-state index contributed by atoms with van der Waals surface area (Å²) in [7, 11) is 1.56. The maximum Gasteiger partial charge on any atom is 0.332 e. The maximum absolute atomic E-state index is 13.3. The molecule has 0 aliphatic carbocycles. The molecule has 9 nitrogen and oxygen atoms in total. The third-order valence-electron chi connectivity index (χ3n) is 4.99. The average Bonchev–Trinajstić information content (AvgIpc) is 3.11. The number of rotatable bonds is 7. The Hall–Kier alpha value is -3.85. The highest BCUT2D eigenvalue weighted by Gasteiger charge is 2.22. The Balaban J connectivity index is 1.94. The van der Waals surface area contributed by atoms with Crippen molar-refractivity contribution in [3.05, 3.63) is 81.0 Å². The van der Waals surface area contributed by atoms with Crippen molar-refractivity contribution in [3.63, 3.8) is 0 Å². The van der Waals surface area contributed by atoms with Gasteiger partial charge in [0.25, 0.3) is 5.56 Å². The predicted molar refractivity (Wildman–Crippen MR) is 117 cm³/mol. The van der Waals surface area contributed by atoms with Gasteiger partial charge < -0.3 is 15.6 Å². The molecule has 0 atom stereocenters. The summed E-state index contributed by atoms with van der Waals surface area (Å²) in [6.45, 7) is 0.309. The zero-order valence-corrected chi connectivity index (χ0v) is 17.1. The molecule has 4 rings (SSSR count). The van der Waals surface area contributed by atoms with Crippen LogP contribution in [0, 0.1) is 0 Å². The molecule has 0 bridgehead atoms. The summed E-state index contributed by atoms with van der Waals surface area (Å²) >= 11 is 0. The summed E-state index contributed by atoms with van der Waals surface area (Å²) in [6, 6.07) is 16.7. The van der Waals surface area contributed by atoms with E-state index in [4.69, 9.17) is 15.6 Å². The van der Waals surface area contributed by atoms with E-state index in [-0.39, 0.29) is 30.3 Å². The van der Waals surface area contributed by atoms with Gasteiger partial charge in [-0.05, 0) is 24.1 Å². The van der Waals surface area contributed by atoms with Gasteiger partial charge in [0.15, 0.2) is 11.2 Å². The molecule has 0 unspecified atom stereocenters. The molecule has 2 aromatic heterocycles. The van der Waals surface area contributed by atoms with E-state index in [0.29, 0.717) is 24.4 Å². The van der Waals surface area contributed by atoms with Crippen LogP contribution >= 0.6 is 0 Å². The smallest absolute Gasteiger partial charge is 0.332 e. The number of ether oxygens (including phenoxy) is 1. The number of hydrogen-bond donors (Lipinski definition) is 2. The lowest BCUT2D eigenvalue weighted by Gasteiger charge is -2.11. The van der Waals surface area contributed by atoms with E-state index in [1.54, 1.807) is 35.9 Å². The van der Waals surface area contributed by atoms with Gasteiger partial charge in [-0.2, -0.15) is 4.98 Å².